The molecule has 0 saturated heterocycles. The van der Waals surface area contributed by atoms with Gasteiger partial charge in [-0.25, -0.2) is 4.57 Å². The fourth-order valence-corrected chi connectivity index (χ4v) is 5.19. The predicted octanol–water partition coefficient (Wildman–Crippen LogP) is 8.37. The van der Waals surface area contributed by atoms with Gasteiger partial charge in [-0.1, -0.05) is 34.9 Å². The van der Waals surface area contributed by atoms with Crippen LogP contribution in [0.2, 0.25) is 0 Å². The van der Waals surface area contributed by atoms with Gasteiger partial charge in [0.15, 0.2) is 0 Å². The van der Waals surface area contributed by atoms with E-state index in [0.29, 0.717) is 5.56 Å². The minimum absolute atomic E-state index is 0.263. The molecule has 0 bridgehead atoms. The van der Waals surface area contributed by atoms with Crippen molar-refractivity contribution in [2.24, 2.45) is 0 Å². The first-order valence-corrected chi connectivity index (χ1v) is 14.3. The lowest BCUT2D eigenvalue weighted by Crippen LogP contribution is -2.37. The lowest BCUT2D eigenvalue weighted by atomic mass is 9.85. The molecule has 0 amide bonds. The molecule has 1 aromatic carbocycles. The van der Waals surface area contributed by atoms with E-state index in [1.807, 2.05) is 20.8 Å². The summed E-state index contributed by atoms with van der Waals surface area (Å²) < 4.78 is 23.0. The Morgan fingerprint density at radius 1 is 0.943 bits per heavy atom. The first kappa shape index (κ1) is 29.4. The van der Waals surface area contributed by atoms with Crippen LogP contribution in [0.1, 0.15) is 102 Å². The molecule has 0 radical (unpaired) electrons. The van der Waals surface area contributed by atoms with Crippen molar-refractivity contribution >= 4 is 7.82 Å². The highest BCUT2D eigenvalue weighted by Crippen LogP contribution is 2.48. The molecule has 1 heterocycles. The number of hydrogen-bond acceptors (Lipinski definition) is 3. The first-order chi connectivity index (χ1) is 16.2. The molecule has 2 N–H and O–H groups in total. The number of hydrogen-bond donors (Lipinski definition) is 2. The normalized spacial score (nSPS) is 18.7. The summed E-state index contributed by atoms with van der Waals surface area (Å²) in [6.07, 6.45) is 15.0. The monoisotopic (exact) mass is 504 g/mol. The second-order valence-electron chi connectivity index (χ2n) is 10.6. The Morgan fingerprint density at radius 2 is 1.51 bits per heavy atom. The van der Waals surface area contributed by atoms with E-state index in [0.717, 1.165) is 73.8 Å². The highest BCUT2D eigenvalue weighted by molar-refractivity contribution is 7.46. The Morgan fingerprint density at radius 3 is 2.09 bits per heavy atom. The van der Waals surface area contributed by atoms with Crippen molar-refractivity contribution in [3.63, 3.8) is 0 Å². The van der Waals surface area contributed by atoms with Gasteiger partial charge in [-0.3, -0.25) is 9.79 Å². The van der Waals surface area contributed by atoms with Crippen LogP contribution in [0.5, 0.6) is 11.5 Å². The second kappa shape index (κ2) is 12.4. The highest BCUT2D eigenvalue weighted by Gasteiger charge is 2.35. The van der Waals surface area contributed by atoms with Crippen LogP contribution in [-0.2, 0) is 11.0 Å². The zero-order valence-corrected chi connectivity index (χ0v) is 23.8. The average molecular weight is 505 g/mol. The molecule has 0 unspecified atom stereocenters. The van der Waals surface area contributed by atoms with Crippen LogP contribution in [0, 0.1) is 20.8 Å². The molecule has 1 aliphatic rings. The third-order valence-corrected chi connectivity index (χ3v) is 7.48. The maximum Gasteiger partial charge on any atom is 0.524 e. The maximum atomic E-state index is 11.5. The number of phosphoric acid groups is 1. The van der Waals surface area contributed by atoms with Crippen molar-refractivity contribution in [1.82, 2.24) is 0 Å². The van der Waals surface area contributed by atoms with Crippen LogP contribution in [0.25, 0.3) is 0 Å². The molecule has 0 aromatic heterocycles. The van der Waals surface area contributed by atoms with E-state index in [1.54, 1.807) is 0 Å². The Kier molecular flexibility index (Phi) is 10.4. The van der Waals surface area contributed by atoms with Crippen molar-refractivity contribution in [2.75, 3.05) is 0 Å². The Balaban J connectivity index is 1.98. The summed E-state index contributed by atoms with van der Waals surface area (Å²) in [5.74, 6) is 1.13. The first-order valence-electron chi connectivity index (χ1n) is 12.7. The van der Waals surface area contributed by atoms with Crippen LogP contribution >= 0.6 is 7.82 Å². The predicted molar refractivity (Wildman–Crippen MR) is 145 cm³/mol. The van der Waals surface area contributed by atoms with Gasteiger partial charge < -0.3 is 9.26 Å². The lowest BCUT2D eigenvalue weighted by molar-refractivity contribution is 0.0558. The van der Waals surface area contributed by atoms with Crippen molar-refractivity contribution in [3.05, 3.63) is 57.2 Å². The van der Waals surface area contributed by atoms with Crippen LogP contribution < -0.4 is 9.26 Å². The summed E-state index contributed by atoms with van der Waals surface area (Å²) in [6, 6.07) is 0. The van der Waals surface area contributed by atoms with Crippen molar-refractivity contribution in [1.29, 1.82) is 0 Å². The molecule has 0 fully saturated rings. The van der Waals surface area contributed by atoms with E-state index in [-0.39, 0.29) is 11.4 Å². The third-order valence-electron chi connectivity index (χ3n) is 7.06. The minimum Gasteiger partial charge on any atom is -0.487 e. The minimum atomic E-state index is -4.62. The maximum absolute atomic E-state index is 11.5. The number of phosphoric ester groups is 1. The number of benzene rings is 1. The molecule has 6 heteroatoms. The van der Waals surface area contributed by atoms with Gasteiger partial charge in [0.05, 0.1) is 0 Å². The Hall–Kier alpha value is -1.81. The summed E-state index contributed by atoms with van der Waals surface area (Å²) in [5.41, 5.74) is 7.36. The second-order valence-corrected chi connectivity index (χ2v) is 11.8. The molecule has 35 heavy (non-hydrogen) atoms. The molecular formula is C29H45O5P. The van der Waals surface area contributed by atoms with Gasteiger partial charge in [0.25, 0.3) is 0 Å². The van der Waals surface area contributed by atoms with Gasteiger partial charge in [0.1, 0.15) is 17.1 Å². The van der Waals surface area contributed by atoms with Gasteiger partial charge >= 0.3 is 7.82 Å². The van der Waals surface area contributed by atoms with Crippen LogP contribution in [0.4, 0.5) is 0 Å². The molecular weight excluding hydrogens is 459 g/mol. The summed E-state index contributed by atoms with van der Waals surface area (Å²) >= 11 is 0. The zero-order chi connectivity index (χ0) is 26.4. The summed E-state index contributed by atoms with van der Waals surface area (Å²) in [7, 11) is -4.62. The topological polar surface area (TPSA) is 76.0 Å². The molecule has 0 saturated carbocycles. The van der Waals surface area contributed by atoms with E-state index >= 15 is 0 Å². The molecule has 2 rings (SSSR count). The van der Waals surface area contributed by atoms with Gasteiger partial charge in [-0.15, -0.1) is 0 Å². The fraction of sp³-hybridized carbons (Fsp3) is 0.586. The van der Waals surface area contributed by atoms with E-state index in [1.165, 1.54) is 16.7 Å². The summed E-state index contributed by atoms with van der Waals surface area (Å²) in [5, 5.41) is 0. The van der Waals surface area contributed by atoms with E-state index in [9.17, 15) is 14.4 Å². The van der Waals surface area contributed by atoms with Gasteiger partial charge in [-0.2, -0.15) is 0 Å². The molecule has 196 valence electrons. The van der Waals surface area contributed by atoms with Gasteiger partial charge in [-0.05, 0) is 123 Å². The molecule has 1 atom stereocenters. The molecule has 1 aromatic rings. The Bertz CT molecular complexity index is 1040. The number of rotatable bonds is 11. The Labute approximate surface area is 212 Å². The van der Waals surface area contributed by atoms with Crippen LogP contribution in [-0.4, -0.2) is 15.4 Å². The van der Waals surface area contributed by atoms with E-state index in [2.05, 4.69) is 52.8 Å². The van der Waals surface area contributed by atoms with Crippen molar-refractivity contribution in [3.8, 4) is 11.5 Å². The van der Waals surface area contributed by atoms with Gasteiger partial charge in [0.2, 0.25) is 0 Å². The quantitative estimate of drug-likeness (QED) is 0.234. The lowest BCUT2D eigenvalue weighted by Gasteiger charge is -2.38. The van der Waals surface area contributed by atoms with E-state index in [4.69, 9.17) is 9.26 Å². The molecule has 0 aliphatic carbocycles. The molecule has 1 aliphatic heterocycles. The van der Waals surface area contributed by atoms with Crippen LogP contribution in [0.3, 0.4) is 0 Å². The van der Waals surface area contributed by atoms with Gasteiger partial charge in [0, 0.05) is 5.56 Å². The largest absolute Gasteiger partial charge is 0.524 e. The smallest absolute Gasteiger partial charge is 0.487 e. The van der Waals surface area contributed by atoms with Crippen LogP contribution in [0.15, 0.2) is 34.9 Å². The van der Waals surface area contributed by atoms with Crippen molar-refractivity contribution in [2.45, 2.75) is 112 Å². The molecule has 5 nitrogen and oxygen atoms in total. The fourth-order valence-electron chi connectivity index (χ4n) is 4.68. The number of fused-ring (bicyclic) bond motifs is 1. The number of ether oxygens (including phenoxy) is 1. The third kappa shape index (κ3) is 8.97. The van der Waals surface area contributed by atoms with E-state index < -0.39 is 7.82 Å². The number of allylic oxidation sites excluding steroid dienone is 6. The average Bonchev–Trinajstić information content (AvgIpc) is 2.74. The summed E-state index contributed by atoms with van der Waals surface area (Å²) in [6.45, 7) is 16.5. The highest BCUT2D eigenvalue weighted by atomic mass is 31.2. The SMILES string of the molecule is CC(C)=CCC/C(C)=C/CC/C(C)=C/CC[C@]1(C)CCc2c(C)c(OP(=O)(O)O)c(C)c(C)c2O1. The standard InChI is InChI=1S/C29H45O5P/c1-20(2)12-9-13-21(3)14-10-15-22(4)16-11-18-29(8)19-17-26-25(7)27(34-35(30,31)32)23(5)24(6)28(26)33-29/h12,14,16H,9-11,13,15,17-19H2,1-8H3,(H2,30,31,32)/b21-14+,22-16+/t29-/m1/s1. The van der Waals surface area contributed by atoms with Crippen molar-refractivity contribution < 1.29 is 23.6 Å². The molecule has 0 spiro atoms. The summed E-state index contributed by atoms with van der Waals surface area (Å²) in [4.78, 5) is 18.6. The zero-order valence-electron chi connectivity index (χ0n) is 23.0.